The minimum absolute atomic E-state index is 0.503. The zero-order valence-corrected chi connectivity index (χ0v) is 11.7. The van der Waals surface area contributed by atoms with E-state index in [0.29, 0.717) is 11.5 Å². The maximum atomic E-state index is 4.28. The van der Waals surface area contributed by atoms with Gasteiger partial charge in [-0.15, -0.1) is 5.10 Å². The molecule has 1 saturated carbocycles. The molecule has 1 aromatic carbocycles. The van der Waals surface area contributed by atoms with Gasteiger partial charge in [-0.05, 0) is 31.1 Å². The van der Waals surface area contributed by atoms with Crippen LogP contribution in [0.1, 0.15) is 39.5 Å². The molecular weight excluding hydrogens is 234 g/mol. The van der Waals surface area contributed by atoms with Crippen LogP contribution in [-0.2, 0) is 0 Å². The predicted molar refractivity (Wildman–Crippen MR) is 79.2 cm³/mol. The summed E-state index contributed by atoms with van der Waals surface area (Å²) in [7, 11) is 0. The van der Waals surface area contributed by atoms with E-state index in [1.807, 2.05) is 12.3 Å². The summed E-state index contributed by atoms with van der Waals surface area (Å²) in [6, 6.07) is 8.82. The van der Waals surface area contributed by atoms with Crippen LogP contribution in [-0.4, -0.2) is 16.2 Å². The third-order valence-corrected chi connectivity index (χ3v) is 4.25. The number of nitrogens with one attached hydrogen (secondary N) is 1. The molecule has 1 fully saturated rings. The first kappa shape index (κ1) is 12.4. The minimum Gasteiger partial charge on any atom is -0.365 e. The van der Waals surface area contributed by atoms with Crippen molar-refractivity contribution in [3.8, 4) is 0 Å². The molecule has 3 heteroatoms. The second kappa shape index (κ2) is 4.80. The fraction of sp³-hybridized carbons (Fsp3) is 0.500. The van der Waals surface area contributed by atoms with Gasteiger partial charge in [0.25, 0.3) is 0 Å². The minimum atomic E-state index is 0.503. The summed E-state index contributed by atoms with van der Waals surface area (Å²) in [4.78, 5) is 0. The lowest BCUT2D eigenvalue weighted by molar-refractivity contribution is 0.232. The molecule has 3 rings (SSSR count). The highest BCUT2D eigenvalue weighted by atomic mass is 15.2. The topological polar surface area (TPSA) is 37.8 Å². The Balaban J connectivity index is 1.79. The summed E-state index contributed by atoms with van der Waals surface area (Å²) < 4.78 is 0. The Morgan fingerprint density at radius 2 is 1.89 bits per heavy atom. The zero-order chi connectivity index (χ0) is 13.3. The molecule has 1 aliphatic carbocycles. The first-order valence-electron chi connectivity index (χ1n) is 7.11. The summed E-state index contributed by atoms with van der Waals surface area (Å²) in [6.45, 7) is 4.72. The quantitative estimate of drug-likeness (QED) is 0.881. The molecule has 19 heavy (non-hydrogen) atoms. The van der Waals surface area contributed by atoms with E-state index in [1.54, 1.807) is 0 Å². The molecular formula is C16H21N3. The van der Waals surface area contributed by atoms with Crippen LogP contribution in [0.2, 0.25) is 0 Å². The van der Waals surface area contributed by atoms with Crippen molar-refractivity contribution in [3.63, 3.8) is 0 Å². The van der Waals surface area contributed by atoms with E-state index >= 15 is 0 Å². The van der Waals surface area contributed by atoms with Crippen LogP contribution < -0.4 is 5.32 Å². The van der Waals surface area contributed by atoms with Gasteiger partial charge in [0.1, 0.15) is 0 Å². The van der Waals surface area contributed by atoms with Crippen molar-refractivity contribution in [1.29, 1.82) is 0 Å². The first-order chi connectivity index (χ1) is 9.14. The van der Waals surface area contributed by atoms with Crippen LogP contribution >= 0.6 is 0 Å². The van der Waals surface area contributed by atoms with Crippen LogP contribution in [0.25, 0.3) is 10.8 Å². The van der Waals surface area contributed by atoms with Gasteiger partial charge in [-0.2, -0.15) is 5.10 Å². The second-order valence-corrected chi connectivity index (χ2v) is 6.36. The van der Waals surface area contributed by atoms with Gasteiger partial charge in [-0.25, -0.2) is 0 Å². The number of hydrogen-bond donors (Lipinski definition) is 1. The summed E-state index contributed by atoms with van der Waals surface area (Å²) in [6.07, 6.45) is 6.83. The molecule has 0 radical (unpaired) electrons. The highest BCUT2D eigenvalue weighted by Gasteiger charge is 2.27. The van der Waals surface area contributed by atoms with Gasteiger partial charge >= 0.3 is 0 Å². The third-order valence-electron chi connectivity index (χ3n) is 4.25. The SMILES string of the molecule is CC1(C)CCC(Nc2nncc3ccccc23)CC1. The molecule has 0 atom stereocenters. The number of nitrogens with zero attached hydrogens (tertiary/aromatic N) is 2. The number of rotatable bonds is 2. The molecule has 1 N–H and O–H groups in total. The van der Waals surface area contributed by atoms with E-state index < -0.39 is 0 Å². The molecule has 0 amide bonds. The smallest absolute Gasteiger partial charge is 0.156 e. The maximum Gasteiger partial charge on any atom is 0.156 e. The van der Waals surface area contributed by atoms with Crippen molar-refractivity contribution in [3.05, 3.63) is 30.5 Å². The summed E-state index contributed by atoms with van der Waals surface area (Å²) >= 11 is 0. The lowest BCUT2D eigenvalue weighted by atomic mass is 9.75. The van der Waals surface area contributed by atoms with Gasteiger partial charge in [0.2, 0.25) is 0 Å². The highest BCUT2D eigenvalue weighted by molar-refractivity contribution is 5.90. The monoisotopic (exact) mass is 255 g/mol. The standard InChI is InChI=1S/C16H21N3/c1-16(2)9-7-13(8-10-16)18-15-14-6-4-3-5-12(14)11-17-19-15/h3-6,11,13H,7-10H2,1-2H3,(H,18,19). The maximum absolute atomic E-state index is 4.28. The van der Waals surface area contributed by atoms with Crippen LogP contribution in [0.4, 0.5) is 5.82 Å². The first-order valence-corrected chi connectivity index (χ1v) is 7.11. The number of hydrogen-bond acceptors (Lipinski definition) is 3. The molecule has 3 nitrogen and oxygen atoms in total. The molecule has 100 valence electrons. The van der Waals surface area contributed by atoms with E-state index in [-0.39, 0.29) is 0 Å². The van der Waals surface area contributed by atoms with Gasteiger partial charge in [0.05, 0.1) is 6.20 Å². The molecule has 0 aliphatic heterocycles. The average Bonchev–Trinajstić information content (AvgIpc) is 2.42. The molecule has 0 saturated heterocycles. The van der Waals surface area contributed by atoms with Crippen LogP contribution in [0.15, 0.2) is 30.5 Å². The number of anilines is 1. The summed E-state index contributed by atoms with van der Waals surface area (Å²) in [5.74, 6) is 0.933. The van der Waals surface area contributed by atoms with Crippen molar-refractivity contribution in [2.24, 2.45) is 5.41 Å². The Kier molecular flexibility index (Phi) is 3.13. The second-order valence-electron chi connectivity index (χ2n) is 6.36. The number of fused-ring (bicyclic) bond motifs is 1. The Bertz CT molecular complexity index is 562. The van der Waals surface area contributed by atoms with Gasteiger partial charge in [-0.1, -0.05) is 38.1 Å². The molecule has 0 unspecified atom stereocenters. The van der Waals surface area contributed by atoms with Gasteiger partial charge < -0.3 is 5.32 Å². The summed E-state index contributed by atoms with van der Waals surface area (Å²) in [5, 5.41) is 14.3. The molecule has 1 aliphatic rings. The normalized spacial score (nSPS) is 19.5. The lowest BCUT2D eigenvalue weighted by Crippen LogP contribution is -2.30. The van der Waals surface area contributed by atoms with Gasteiger partial charge in [0.15, 0.2) is 5.82 Å². The Hall–Kier alpha value is -1.64. The fourth-order valence-electron chi connectivity index (χ4n) is 2.87. The van der Waals surface area contributed by atoms with Crippen molar-refractivity contribution >= 4 is 16.6 Å². The highest BCUT2D eigenvalue weighted by Crippen LogP contribution is 2.36. The number of aromatic nitrogens is 2. The molecule has 0 spiro atoms. The van der Waals surface area contributed by atoms with E-state index in [4.69, 9.17) is 0 Å². The van der Waals surface area contributed by atoms with E-state index in [1.165, 1.54) is 31.1 Å². The van der Waals surface area contributed by atoms with E-state index in [0.717, 1.165) is 11.2 Å². The Labute approximate surface area is 114 Å². The summed E-state index contributed by atoms with van der Waals surface area (Å²) in [5.41, 5.74) is 0.503. The zero-order valence-electron chi connectivity index (χ0n) is 11.7. The van der Waals surface area contributed by atoms with Crippen molar-refractivity contribution < 1.29 is 0 Å². The van der Waals surface area contributed by atoms with Crippen molar-refractivity contribution in [2.45, 2.75) is 45.6 Å². The van der Waals surface area contributed by atoms with Gasteiger partial charge in [0, 0.05) is 16.8 Å². The van der Waals surface area contributed by atoms with Crippen LogP contribution in [0, 0.1) is 5.41 Å². The molecule has 1 aromatic heterocycles. The lowest BCUT2D eigenvalue weighted by Gasteiger charge is -2.34. The van der Waals surface area contributed by atoms with Crippen LogP contribution in [0.5, 0.6) is 0 Å². The van der Waals surface area contributed by atoms with Crippen molar-refractivity contribution in [2.75, 3.05) is 5.32 Å². The fourth-order valence-corrected chi connectivity index (χ4v) is 2.87. The Morgan fingerprint density at radius 1 is 1.16 bits per heavy atom. The average molecular weight is 255 g/mol. The predicted octanol–water partition coefficient (Wildman–Crippen LogP) is 4.01. The molecule has 0 bridgehead atoms. The van der Waals surface area contributed by atoms with E-state index in [9.17, 15) is 0 Å². The van der Waals surface area contributed by atoms with Gasteiger partial charge in [-0.3, -0.25) is 0 Å². The van der Waals surface area contributed by atoms with Crippen molar-refractivity contribution in [1.82, 2.24) is 10.2 Å². The third kappa shape index (κ3) is 2.70. The molecule has 2 aromatic rings. The molecule has 1 heterocycles. The largest absolute Gasteiger partial charge is 0.365 e. The number of benzene rings is 1. The van der Waals surface area contributed by atoms with E-state index in [2.05, 4.69) is 47.6 Å². The Morgan fingerprint density at radius 3 is 2.68 bits per heavy atom. The van der Waals surface area contributed by atoms with Crippen LogP contribution in [0.3, 0.4) is 0 Å².